The van der Waals surface area contributed by atoms with E-state index in [1.165, 1.54) is 6.33 Å². The summed E-state index contributed by atoms with van der Waals surface area (Å²) < 4.78 is 4.75. The van der Waals surface area contributed by atoms with Crippen molar-refractivity contribution in [1.82, 2.24) is 10.1 Å². The molecule has 0 N–H and O–H groups in total. The zero-order chi connectivity index (χ0) is 6.53. The van der Waals surface area contributed by atoms with Crippen LogP contribution >= 0.6 is 15.9 Å². The van der Waals surface area contributed by atoms with E-state index in [2.05, 4.69) is 26.1 Å². The quantitative estimate of drug-likeness (QED) is 0.677. The summed E-state index contributed by atoms with van der Waals surface area (Å²) in [6.07, 6.45) is 3.33. The molecular formula is C5H7BrN2O. The third-order valence-corrected chi connectivity index (χ3v) is 1.49. The molecule has 9 heavy (non-hydrogen) atoms. The highest BCUT2D eigenvalue weighted by molar-refractivity contribution is 9.09. The van der Waals surface area contributed by atoms with Crippen molar-refractivity contribution in [2.24, 2.45) is 0 Å². The first-order valence-corrected chi connectivity index (χ1v) is 3.87. The van der Waals surface area contributed by atoms with Gasteiger partial charge < -0.3 is 4.52 Å². The minimum absolute atomic E-state index is 0.717. The molecule has 4 heteroatoms. The molecule has 0 bridgehead atoms. The van der Waals surface area contributed by atoms with E-state index in [9.17, 15) is 0 Å². The van der Waals surface area contributed by atoms with Crippen molar-refractivity contribution in [1.29, 1.82) is 0 Å². The molecule has 0 aromatic carbocycles. The minimum atomic E-state index is 0.717. The number of rotatable bonds is 3. The van der Waals surface area contributed by atoms with Gasteiger partial charge in [0.05, 0.1) is 0 Å². The smallest absolute Gasteiger partial charge is 0.226 e. The Kier molecular flexibility index (Phi) is 2.70. The van der Waals surface area contributed by atoms with Gasteiger partial charge in [0.2, 0.25) is 5.89 Å². The van der Waals surface area contributed by atoms with Gasteiger partial charge >= 0.3 is 0 Å². The maximum absolute atomic E-state index is 4.75. The molecule has 1 heterocycles. The molecule has 1 rings (SSSR count). The highest BCUT2D eigenvalue weighted by Crippen LogP contribution is 1.98. The van der Waals surface area contributed by atoms with Crippen LogP contribution in [-0.4, -0.2) is 15.5 Å². The molecule has 0 fully saturated rings. The normalized spacial score (nSPS) is 9.89. The molecule has 0 amide bonds. The maximum atomic E-state index is 4.75. The second kappa shape index (κ2) is 3.61. The van der Waals surface area contributed by atoms with Gasteiger partial charge in [-0.15, -0.1) is 0 Å². The van der Waals surface area contributed by atoms with Gasteiger partial charge in [-0.25, -0.2) is 0 Å². The molecule has 0 radical (unpaired) electrons. The SMILES string of the molecule is BrCCCc1ncno1. The van der Waals surface area contributed by atoms with Crippen LogP contribution < -0.4 is 0 Å². The molecule has 50 valence electrons. The first-order chi connectivity index (χ1) is 4.43. The Labute approximate surface area is 61.6 Å². The second-order valence-corrected chi connectivity index (χ2v) is 2.42. The number of alkyl halides is 1. The predicted octanol–water partition coefficient (Wildman–Crippen LogP) is 1.40. The lowest BCUT2D eigenvalue weighted by Crippen LogP contribution is -1.84. The lowest BCUT2D eigenvalue weighted by Gasteiger charge is -1.85. The average molecular weight is 191 g/mol. The maximum Gasteiger partial charge on any atom is 0.226 e. The standard InChI is InChI=1S/C5H7BrN2O/c6-3-1-2-5-7-4-8-9-5/h4H,1-3H2. The van der Waals surface area contributed by atoms with E-state index in [1.807, 2.05) is 0 Å². The van der Waals surface area contributed by atoms with Crippen LogP contribution in [0.5, 0.6) is 0 Å². The van der Waals surface area contributed by atoms with E-state index >= 15 is 0 Å². The van der Waals surface area contributed by atoms with Crippen LogP contribution in [0, 0.1) is 0 Å². The monoisotopic (exact) mass is 190 g/mol. The number of halogens is 1. The average Bonchev–Trinajstić information content (AvgIpc) is 2.34. The zero-order valence-corrected chi connectivity index (χ0v) is 6.47. The molecule has 1 aromatic rings. The molecule has 0 atom stereocenters. The van der Waals surface area contributed by atoms with Gasteiger partial charge in [-0.1, -0.05) is 21.1 Å². The molecule has 0 aliphatic carbocycles. The summed E-state index contributed by atoms with van der Waals surface area (Å²) in [5.41, 5.74) is 0. The van der Waals surface area contributed by atoms with Crippen molar-refractivity contribution >= 4 is 15.9 Å². The Hall–Kier alpha value is -0.380. The van der Waals surface area contributed by atoms with E-state index in [0.717, 1.165) is 24.1 Å². The molecule has 1 aromatic heterocycles. The fourth-order valence-corrected chi connectivity index (χ4v) is 0.805. The minimum Gasteiger partial charge on any atom is -0.340 e. The Morgan fingerprint density at radius 2 is 2.56 bits per heavy atom. The van der Waals surface area contributed by atoms with E-state index in [-0.39, 0.29) is 0 Å². The summed E-state index contributed by atoms with van der Waals surface area (Å²) in [6.45, 7) is 0. The molecule has 0 saturated carbocycles. The van der Waals surface area contributed by atoms with Gasteiger partial charge in [-0.2, -0.15) is 4.98 Å². The summed E-state index contributed by atoms with van der Waals surface area (Å²) in [6, 6.07) is 0. The van der Waals surface area contributed by atoms with E-state index in [1.54, 1.807) is 0 Å². The Morgan fingerprint density at radius 1 is 1.67 bits per heavy atom. The number of aromatic nitrogens is 2. The fourth-order valence-electron chi connectivity index (χ4n) is 0.524. The van der Waals surface area contributed by atoms with E-state index in [0.29, 0.717) is 0 Å². The van der Waals surface area contributed by atoms with Crippen LogP contribution in [0.3, 0.4) is 0 Å². The molecule has 0 aliphatic heterocycles. The number of aryl methyl sites for hydroxylation is 1. The van der Waals surface area contributed by atoms with Gasteiger partial charge in [0.1, 0.15) is 0 Å². The molecule has 0 aliphatic rings. The van der Waals surface area contributed by atoms with Gasteiger partial charge in [0.15, 0.2) is 6.33 Å². The highest BCUT2D eigenvalue weighted by atomic mass is 79.9. The van der Waals surface area contributed by atoms with Crippen LogP contribution in [0.2, 0.25) is 0 Å². The fraction of sp³-hybridized carbons (Fsp3) is 0.600. The molecule has 0 saturated heterocycles. The summed E-state index contributed by atoms with van der Waals surface area (Å²) in [7, 11) is 0. The van der Waals surface area contributed by atoms with Crippen LogP contribution in [-0.2, 0) is 6.42 Å². The Balaban J connectivity index is 2.30. The highest BCUT2D eigenvalue weighted by Gasteiger charge is 1.95. The summed E-state index contributed by atoms with van der Waals surface area (Å²) in [4.78, 5) is 3.86. The van der Waals surface area contributed by atoms with Crippen molar-refractivity contribution in [3.05, 3.63) is 12.2 Å². The molecular weight excluding hydrogens is 184 g/mol. The van der Waals surface area contributed by atoms with E-state index in [4.69, 9.17) is 4.52 Å². The second-order valence-electron chi connectivity index (χ2n) is 1.63. The third-order valence-electron chi connectivity index (χ3n) is 0.931. The summed E-state index contributed by atoms with van der Waals surface area (Å²) in [5.74, 6) is 0.717. The largest absolute Gasteiger partial charge is 0.340 e. The van der Waals surface area contributed by atoms with Crippen molar-refractivity contribution in [3.8, 4) is 0 Å². The molecule has 3 nitrogen and oxygen atoms in total. The van der Waals surface area contributed by atoms with Crippen LogP contribution in [0.1, 0.15) is 12.3 Å². The lowest BCUT2D eigenvalue weighted by molar-refractivity contribution is 0.377. The van der Waals surface area contributed by atoms with Gasteiger partial charge in [-0.3, -0.25) is 0 Å². The first kappa shape index (κ1) is 6.74. The summed E-state index contributed by atoms with van der Waals surface area (Å²) >= 11 is 3.31. The van der Waals surface area contributed by atoms with Gasteiger partial charge in [-0.05, 0) is 6.42 Å². The topological polar surface area (TPSA) is 38.9 Å². The molecule has 0 spiro atoms. The van der Waals surface area contributed by atoms with Crippen molar-refractivity contribution < 1.29 is 4.52 Å². The number of nitrogens with zero attached hydrogens (tertiary/aromatic N) is 2. The molecule has 0 unspecified atom stereocenters. The van der Waals surface area contributed by atoms with Gasteiger partial charge in [0.25, 0.3) is 0 Å². The summed E-state index contributed by atoms with van der Waals surface area (Å²) in [5, 5.41) is 4.46. The zero-order valence-electron chi connectivity index (χ0n) is 4.88. The number of hydrogen-bond acceptors (Lipinski definition) is 3. The number of hydrogen-bond donors (Lipinski definition) is 0. The van der Waals surface area contributed by atoms with E-state index < -0.39 is 0 Å². The van der Waals surface area contributed by atoms with Crippen LogP contribution in [0.4, 0.5) is 0 Å². The lowest BCUT2D eigenvalue weighted by atomic mass is 10.3. The van der Waals surface area contributed by atoms with Crippen molar-refractivity contribution in [3.63, 3.8) is 0 Å². The predicted molar refractivity (Wildman–Crippen MR) is 36.4 cm³/mol. The Morgan fingerprint density at radius 3 is 3.11 bits per heavy atom. The van der Waals surface area contributed by atoms with Crippen LogP contribution in [0.25, 0.3) is 0 Å². The van der Waals surface area contributed by atoms with Crippen molar-refractivity contribution in [2.75, 3.05) is 5.33 Å². The Bertz CT molecular complexity index is 152. The third kappa shape index (κ3) is 2.13. The van der Waals surface area contributed by atoms with Crippen molar-refractivity contribution in [2.45, 2.75) is 12.8 Å². The van der Waals surface area contributed by atoms with Crippen LogP contribution in [0.15, 0.2) is 10.9 Å². The van der Waals surface area contributed by atoms with Gasteiger partial charge in [0, 0.05) is 11.8 Å². The first-order valence-electron chi connectivity index (χ1n) is 2.75.